The number of hydrogen-bond donors (Lipinski definition) is 2. The minimum absolute atomic E-state index is 0.252. The number of benzene rings is 2. The number of rotatable bonds is 7. The molecule has 28 heavy (non-hydrogen) atoms. The second-order valence-electron chi connectivity index (χ2n) is 6.54. The first-order chi connectivity index (χ1) is 13.6. The number of aromatic nitrogens is 2. The molecule has 144 valence electrons. The monoisotopic (exact) mass is 376 g/mol. The van der Waals surface area contributed by atoms with Crippen LogP contribution >= 0.6 is 0 Å². The zero-order valence-corrected chi connectivity index (χ0v) is 16.3. The molecule has 0 bridgehead atoms. The lowest BCUT2D eigenvalue weighted by Crippen LogP contribution is -2.15. The summed E-state index contributed by atoms with van der Waals surface area (Å²) in [7, 11) is 0. The Morgan fingerprint density at radius 1 is 1.00 bits per heavy atom. The number of carbonyl (C=O) groups is 1. The highest BCUT2D eigenvalue weighted by Crippen LogP contribution is 2.27. The molecule has 3 rings (SSSR count). The molecule has 0 saturated carbocycles. The van der Waals surface area contributed by atoms with E-state index in [2.05, 4.69) is 34.4 Å². The summed E-state index contributed by atoms with van der Waals surface area (Å²) in [6.07, 6.45) is 2.99. The van der Waals surface area contributed by atoms with E-state index in [4.69, 9.17) is 4.74 Å². The van der Waals surface area contributed by atoms with Gasteiger partial charge in [0.1, 0.15) is 17.3 Å². The fourth-order valence-electron chi connectivity index (χ4n) is 2.80. The lowest BCUT2D eigenvalue weighted by atomic mass is 10.0. The van der Waals surface area contributed by atoms with Crippen LogP contribution in [0.2, 0.25) is 0 Å². The van der Waals surface area contributed by atoms with Gasteiger partial charge in [0, 0.05) is 5.69 Å². The number of carbonyl (C=O) groups excluding carboxylic acids is 1. The molecule has 0 atom stereocenters. The number of para-hydroxylation sites is 3. The minimum atomic E-state index is -0.290. The van der Waals surface area contributed by atoms with Crippen molar-refractivity contribution in [1.29, 1.82) is 0 Å². The van der Waals surface area contributed by atoms with E-state index in [1.54, 1.807) is 0 Å². The first-order valence-electron chi connectivity index (χ1n) is 9.29. The summed E-state index contributed by atoms with van der Waals surface area (Å²) in [5.41, 5.74) is 2.91. The fraction of sp³-hybridized carbons (Fsp3) is 0.227. The minimum Gasteiger partial charge on any atom is -0.492 e. The van der Waals surface area contributed by atoms with Crippen molar-refractivity contribution in [1.82, 2.24) is 9.97 Å². The molecule has 6 heteroatoms. The van der Waals surface area contributed by atoms with E-state index in [0.717, 1.165) is 22.7 Å². The van der Waals surface area contributed by atoms with Crippen LogP contribution in [-0.4, -0.2) is 22.5 Å². The van der Waals surface area contributed by atoms with E-state index in [-0.39, 0.29) is 11.6 Å². The normalized spacial score (nSPS) is 10.6. The first-order valence-corrected chi connectivity index (χ1v) is 9.29. The lowest BCUT2D eigenvalue weighted by Gasteiger charge is -2.13. The molecule has 2 N–H and O–H groups in total. The predicted octanol–water partition coefficient (Wildman–Crippen LogP) is 4.99. The molecule has 2 aromatic carbocycles. The van der Waals surface area contributed by atoms with Gasteiger partial charge in [-0.25, -0.2) is 9.97 Å². The maximum Gasteiger partial charge on any atom is 0.275 e. The van der Waals surface area contributed by atoms with Gasteiger partial charge < -0.3 is 15.4 Å². The topological polar surface area (TPSA) is 76.1 Å². The number of nitrogens with zero attached hydrogens (tertiary/aromatic N) is 2. The second kappa shape index (κ2) is 8.99. The Balaban J connectivity index is 1.72. The van der Waals surface area contributed by atoms with Crippen LogP contribution < -0.4 is 15.4 Å². The molecular formula is C22H24N4O2. The molecule has 3 aromatic rings. The molecular weight excluding hydrogens is 352 g/mol. The van der Waals surface area contributed by atoms with E-state index in [9.17, 15) is 4.79 Å². The summed E-state index contributed by atoms with van der Waals surface area (Å²) in [6.45, 7) is 6.68. The van der Waals surface area contributed by atoms with Crippen LogP contribution in [0.3, 0.4) is 0 Å². The van der Waals surface area contributed by atoms with Gasteiger partial charge in [0.2, 0.25) is 0 Å². The standard InChI is InChI=1S/C22H24N4O2/c1-4-28-20-12-8-7-11-18(20)25-21-14-23-19(13-24-21)22(27)26-17-10-6-5-9-16(17)15(2)3/h5-15H,4H2,1-3H3,(H,24,25)(H,26,27). The molecule has 0 fully saturated rings. The van der Waals surface area contributed by atoms with Crippen LogP contribution in [-0.2, 0) is 0 Å². The second-order valence-corrected chi connectivity index (χ2v) is 6.54. The summed E-state index contributed by atoms with van der Waals surface area (Å²) >= 11 is 0. The van der Waals surface area contributed by atoms with Crippen LogP contribution in [0, 0.1) is 0 Å². The van der Waals surface area contributed by atoms with E-state index in [0.29, 0.717) is 18.3 Å². The smallest absolute Gasteiger partial charge is 0.275 e. The van der Waals surface area contributed by atoms with E-state index in [1.165, 1.54) is 12.4 Å². The van der Waals surface area contributed by atoms with Gasteiger partial charge in [-0.1, -0.05) is 44.2 Å². The summed E-state index contributed by atoms with van der Waals surface area (Å²) < 4.78 is 5.59. The van der Waals surface area contributed by atoms with Crippen molar-refractivity contribution in [3.8, 4) is 5.75 Å². The summed E-state index contributed by atoms with van der Waals surface area (Å²) in [4.78, 5) is 21.1. The van der Waals surface area contributed by atoms with Gasteiger partial charge in [0.05, 0.1) is 24.7 Å². The molecule has 6 nitrogen and oxygen atoms in total. The third-order valence-corrected chi connectivity index (χ3v) is 4.17. The first kappa shape index (κ1) is 19.4. The van der Waals surface area contributed by atoms with Gasteiger partial charge in [-0.15, -0.1) is 0 Å². The van der Waals surface area contributed by atoms with E-state index < -0.39 is 0 Å². The van der Waals surface area contributed by atoms with Crippen molar-refractivity contribution >= 4 is 23.1 Å². The van der Waals surface area contributed by atoms with Crippen molar-refractivity contribution in [3.05, 3.63) is 72.2 Å². The SMILES string of the molecule is CCOc1ccccc1Nc1cnc(C(=O)Nc2ccccc2C(C)C)cn1. The van der Waals surface area contributed by atoms with Crippen LogP contribution in [0.5, 0.6) is 5.75 Å². The molecule has 0 radical (unpaired) electrons. The Morgan fingerprint density at radius 3 is 2.39 bits per heavy atom. The average molecular weight is 376 g/mol. The fourth-order valence-corrected chi connectivity index (χ4v) is 2.80. The summed E-state index contributed by atoms with van der Waals surface area (Å²) in [6, 6.07) is 15.4. The van der Waals surface area contributed by atoms with E-state index >= 15 is 0 Å². The van der Waals surface area contributed by atoms with Gasteiger partial charge in [-0.3, -0.25) is 4.79 Å². The highest BCUT2D eigenvalue weighted by atomic mass is 16.5. The van der Waals surface area contributed by atoms with Crippen molar-refractivity contribution in [3.63, 3.8) is 0 Å². The number of ether oxygens (including phenoxy) is 1. The van der Waals surface area contributed by atoms with Gasteiger partial charge in [0.15, 0.2) is 0 Å². The van der Waals surface area contributed by atoms with E-state index in [1.807, 2.05) is 55.5 Å². The maximum atomic E-state index is 12.5. The molecule has 0 spiro atoms. The van der Waals surface area contributed by atoms with Crippen LogP contribution in [0.15, 0.2) is 60.9 Å². The van der Waals surface area contributed by atoms with Crippen molar-refractivity contribution < 1.29 is 9.53 Å². The Bertz CT molecular complexity index is 939. The third-order valence-electron chi connectivity index (χ3n) is 4.17. The number of anilines is 3. The van der Waals surface area contributed by atoms with Gasteiger partial charge >= 0.3 is 0 Å². The number of amides is 1. The van der Waals surface area contributed by atoms with Gasteiger partial charge in [0.25, 0.3) is 5.91 Å². The molecule has 1 heterocycles. The van der Waals surface area contributed by atoms with Gasteiger partial charge in [-0.05, 0) is 36.6 Å². The largest absolute Gasteiger partial charge is 0.492 e. The third kappa shape index (κ3) is 4.65. The number of nitrogens with one attached hydrogen (secondary N) is 2. The number of hydrogen-bond acceptors (Lipinski definition) is 5. The zero-order chi connectivity index (χ0) is 19.9. The van der Waals surface area contributed by atoms with Crippen LogP contribution in [0.1, 0.15) is 42.7 Å². The highest BCUT2D eigenvalue weighted by Gasteiger charge is 2.13. The summed E-state index contributed by atoms with van der Waals surface area (Å²) in [5.74, 6) is 1.28. The Morgan fingerprint density at radius 2 is 1.71 bits per heavy atom. The highest BCUT2D eigenvalue weighted by molar-refractivity contribution is 6.03. The molecule has 0 aliphatic rings. The Labute approximate surface area is 165 Å². The van der Waals surface area contributed by atoms with Gasteiger partial charge in [-0.2, -0.15) is 0 Å². The molecule has 0 aliphatic carbocycles. The summed E-state index contributed by atoms with van der Waals surface area (Å²) in [5, 5.41) is 6.09. The van der Waals surface area contributed by atoms with Crippen LogP contribution in [0.4, 0.5) is 17.2 Å². The van der Waals surface area contributed by atoms with Crippen LogP contribution in [0.25, 0.3) is 0 Å². The lowest BCUT2D eigenvalue weighted by molar-refractivity contribution is 0.102. The van der Waals surface area contributed by atoms with Crippen molar-refractivity contribution in [2.24, 2.45) is 0 Å². The Hall–Kier alpha value is -3.41. The zero-order valence-electron chi connectivity index (χ0n) is 16.3. The Kier molecular flexibility index (Phi) is 6.22. The average Bonchev–Trinajstić information content (AvgIpc) is 2.70. The molecule has 0 unspecified atom stereocenters. The quantitative estimate of drug-likeness (QED) is 0.607. The molecule has 1 amide bonds. The molecule has 1 aromatic heterocycles. The van der Waals surface area contributed by atoms with Crippen molar-refractivity contribution in [2.45, 2.75) is 26.7 Å². The van der Waals surface area contributed by atoms with Crippen molar-refractivity contribution in [2.75, 3.05) is 17.2 Å². The molecule has 0 aliphatic heterocycles. The predicted molar refractivity (Wildman–Crippen MR) is 111 cm³/mol. The maximum absolute atomic E-state index is 12.5. The molecule has 0 saturated heterocycles.